The Morgan fingerprint density at radius 1 is 0.793 bits per heavy atom. The van der Waals surface area contributed by atoms with Crippen LogP contribution in [0, 0.1) is 0 Å². The van der Waals surface area contributed by atoms with Gasteiger partial charge in [0.25, 0.3) is 0 Å². The normalized spacial score (nSPS) is 11.6. The molecule has 0 aromatic heterocycles. The third-order valence-corrected chi connectivity index (χ3v) is 7.99. The molecule has 0 amide bonds. The van der Waals surface area contributed by atoms with Gasteiger partial charge in [-0.1, -0.05) is 84.9 Å². The van der Waals surface area contributed by atoms with Crippen LogP contribution in [0.15, 0.2) is 84.9 Å². The Labute approximate surface area is 175 Å². The van der Waals surface area contributed by atoms with Crippen molar-refractivity contribution in [3.05, 3.63) is 102 Å². The monoisotopic (exact) mass is 404 g/mol. The molecule has 0 aliphatic carbocycles. The van der Waals surface area contributed by atoms with E-state index in [2.05, 4.69) is 72.8 Å². The van der Waals surface area contributed by atoms with Crippen molar-refractivity contribution < 1.29 is 14.4 Å². The molecular weight excluding hydrogens is 375 g/mol. The van der Waals surface area contributed by atoms with Crippen LogP contribution in [-0.2, 0) is 10.8 Å². The van der Waals surface area contributed by atoms with Crippen molar-refractivity contribution in [2.24, 2.45) is 0 Å². The molecule has 0 aliphatic rings. The van der Waals surface area contributed by atoms with Crippen molar-refractivity contribution in [2.75, 3.05) is 0 Å². The first-order chi connectivity index (χ1) is 14.0. The van der Waals surface area contributed by atoms with Crippen molar-refractivity contribution in [1.29, 1.82) is 0 Å². The first-order valence-electron chi connectivity index (χ1n) is 10.2. The maximum atomic E-state index is 9.31. The Bertz CT molecular complexity index is 845. The topological polar surface area (TPSA) is 49.7 Å². The van der Waals surface area contributed by atoms with E-state index in [0.717, 1.165) is 24.4 Å². The minimum atomic E-state index is -2.39. The van der Waals surface area contributed by atoms with Crippen molar-refractivity contribution >= 4 is 20.8 Å². The molecule has 0 saturated heterocycles. The zero-order valence-electron chi connectivity index (χ0n) is 17.2. The highest BCUT2D eigenvalue weighted by Crippen LogP contribution is 2.29. The summed E-state index contributed by atoms with van der Waals surface area (Å²) < 4.78 is 5.48. The summed E-state index contributed by atoms with van der Waals surface area (Å²) in [5, 5.41) is 19.7. The Hall–Kier alpha value is -2.18. The first kappa shape index (κ1) is 21.5. The zero-order chi connectivity index (χ0) is 20.7. The summed E-state index contributed by atoms with van der Waals surface area (Å²) in [5.74, 6) is 0.366. The van der Waals surface area contributed by atoms with Gasteiger partial charge in [-0.15, -0.1) is 0 Å². The van der Waals surface area contributed by atoms with E-state index in [0.29, 0.717) is 5.92 Å². The van der Waals surface area contributed by atoms with Gasteiger partial charge in [-0.3, -0.25) is 0 Å². The smallest absolute Gasteiger partial charge is 0.424 e. The lowest BCUT2D eigenvalue weighted by molar-refractivity contribution is 0.287. The first-order valence-corrected chi connectivity index (χ1v) is 13.1. The molecule has 0 heterocycles. The lowest BCUT2D eigenvalue weighted by Gasteiger charge is -2.26. The molecule has 5 heteroatoms. The second-order valence-corrected chi connectivity index (χ2v) is 11.7. The highest BCUT2D eigenvalue weighted by atomic mass is 28.4. The van der Waals surface area contributed by atoms with E-state index >= 15 is 0 Å². The second-order valence-electron chi connectivity index (χ2n) is 7.88. The Morgan fingerprint density at radius 2 is 1.31 bits per heavy atom. The van der Waals surface area contributed by atoms with Gasteiger partial charge < -0.3 is 14.4 Å². The Balaban J connectivity index is 1.76. The van der Waals surface area contributed by atoms with Crippen molar-refractivity contribution in [3.8, 4) is 0 Å². The van der Waals surface area contributed by atoms with Crippen molar-refractivity contribution in [3.63, 3.8) is 0 Å². The largest absolute Gasteiger partial charge is 0.623 e. The van der Waals surface area contributed by atoms with Crippen molar-refractivity contribution in [2.45, 2.75) is 38.3 Å². The van der Waals surface area contributed by atoms with E-state index in [1.54, 1.807) is 0 Å². The van der Waals surface area contributed by atoms with Crippen LogP contribution >= 0.6 is 0 Å². The minimum Gasteiger partial charge on any atom is -0.424 e. The van der Waals surface area contributed by atoms with Crippen LogP contribution in [0.2, 0.25) is 13.1 Å². The summed E-state index contributed by atoms with van der Waals surface area (Å²) in [6.45, 7) is 4.00. The van der Waals surface area contributed by atoms with Crippen LogP contribution in [0.4, 0.5) is 0 Å². The molecule has 0 atom stereocenters. The van der Waals surface area contributed by atoms with Crippen molar-refractivity contribution in [1.82, 2.24) is 0 Å². The molecule has 0 fully saturated rings. The van der Waals surface area contributed by atoms with Crippen LogP contribution < -0.4 is 5.19 Å². The van der Waals surface area contributed by atoms with E-state index in [1.807, 2.05) is 25.2 Å². The predicted octanol–water partition coefficient (Wildman–Crippen LogP) is 4.24. The van der Waals surface area contributed by atoms with Gasteiger partial charge in [-0.25, -0.2) is 0 Å². The SMILES string of the molecule is C[Si](C)(OB(O)O)c1ccccc1CCCC(c1ccccc1)c1ccccc1. The third-order valence-electron chi connectivity index (χ3n) is 5.41. The molecule has 150 valence electrons. The standard InChI is InChI=1S/C24H29BO3Si/c1-29(2,28-25(26)27)24-19-10-9-16-22(24)17-11-18-23(20-12-5-3-6-13-20)21-14-7-4-8-15-21/h3-10,12-16,19,23,26-27H,11,17-18H2,1-2H3. The van der Waals surface area contributed by atoms with Crippen LogP contribution in [-0.4, -0.2) is 25.7 Å². The summed E-state index contributed by atoms with van der Waals surface area (Å²) >= 11 is 0. The molecule has 29 heavy (non-hydrogen) atoms. The molecule has 0 bridgehead atoms. The van der Waals surface area contributed by atoms with Gasteiger partial charge in [0.15, 0.2) is 0 Å². The predicted molar refractivity (Wildman–Crippen MR) is 122 cm³/mol. The Kier molecular flexibility index (Phi) is 7.45. The van der Waals surface area contributed by atoms with E-state index in [4.69, 9.17) is 4.34 Å². The van der Waals surface area contributed by atoms with Crippen LogP contribution in [0.5, 0.6) is 0 Å². The number of rotatable bonds is 9. The molecule has 0 radical (unpaired) electrons. The number of hydrogen-bond donors (Lipinski definition) is 2. The molecule has 0 aliphatic heterocycles. The zero-order valence-corrected chi connectivity index (χ0v) is 18.2. The fourth-order valence-electron chi connectivity index (χ4n) is 4.05. The number of hydrogen-bond acceptors (Lipinski definition) is 3. The number of aryl methyl sites for hydroxylation is 1. The lowest BCUT2D eigenvalue weighted by atomic mass is 9.86. The molecule has 0 spiro atoms. The van der Waals surface area contributed by atoms with E-state index in [-0.39, 0.29) is 0 Å². The lowest BCUT2D eigenvalue weighted by Crippen LogP contribution is -2.50. The van der Waals surface area contributed by atoms with E-state index < -0.39 is 15.6 Å². The molecule has 0 unspecified atom stereocenters. The molecular formula is C24H29BO3Si. The second kappa shape index (κ2) is 10.0. The molecule has 3 nitrogen and oxygen atoms in total. The molecule has 2 N–H and O–H groups in total. The van der Waals surface area contributed by atoms with Crippen LogP contribution in [0.1, 0.15) is 35.4 Å². The highest BCUT2D eigenvalue weighted by molar-refractivity contribution is 6.87. The Morgan fingerprint density at radius 3 is 1.86 bits per heavy atom. The van der Waals surface area contributed by atoms with E-state index in [9.17, 15) is 10.0 Å². The van der Waals surface area contributed by atoms with Crippen LogP contribution in [0.25, 0.3) is 0 Å². The molecule has 3 aromatic carbocycles. The summed E-state index contributed by atoms with van der Waals surface area (Å²) in [5.41, 5.74) is 3.92. The summed E-state index contributed by atoms with van der Waals surface area (Å²) in [4.78, 5) is 0. The van der Waals surface area contributed by atoms with Gasteiger partial charge in [-0.05, 0) is 54.2 Å². The highest BCUT2D eigenvalue weighted by Gasteiger charge is 2.32. The summed E-state index contributed by atoms with van der Waals surface area (Å²) in [7, 11) is -4.12. The number of benzene rings is 3. The average Bonchev–Trinajstić information content (AvgIpc) is 2.72. The summed E-state index contributed by atoms with van der Waals surface area (Å²) in [6, 6.07) is 29.6. The fourth-order valence-corrected chi connectivity index (χ4v) is 6.18. The van der Waals surface area contributed by atoms with Gasteiger partial charge in [0, 0.05) is 5.92 Å². The fraction of sp³-hybridized carbons (Fsp3) is 0.250. The van der Waals surface area contributed by atoms with Gasteiger partial charge >= 0.3 is 7.32 Å². The molecule has 3 rings (SSSR count). The maximum absolute atomic E-state index is 9.31. The maximum Gasteiger partial charge on any atom is 0.623 e. The molecule has 3 aromatic rings. The van der Waals surface area contributed by atoms with Crippen LogP contribution in [0.3, 0.4) is 0 Å². The van der Waals surface area contributed by atoms with Gasteiger partial charge in [-0.2, -0.15) is 0 Å². The third kappa shape index (κ3) is 5.90. The summed E-state index contributed by atoms with van der Waals surface area (Å²) in [6.07, 6.45) is 3.03. The average molecular weight is 404 g/mol. The minimum absolute atomic E-state index is 0.366. The van der Waals surface area contributed by atoms with Gasteiger partial charge in [0.05, 0.1) is 0 Å². The van der Waals surface area contributed by atoms with E-state index in [1.165, 1.54) is 16.7 Å². The van der Waals surface area contributed by atoms with Gasteiger partial charge in [0.2, 0.25) is 8.32 Å². The van der Waals surface area contributed by atoms with Gasteiger partial charge in [0.1, 0.15) is 0 Å². The quantitative estimate of drug-likeness (QED) is 0.525. The molecule has 0 saturated carbocycles.